The minimum absolute atomic E-state index is 0.0159. The van der Waals surface area contributed by atoms with Gasteiger partial charge in [-0.15, -0.1) is 0 Å². The van der Waals surface area contributed by atoms with Crippen LogP contribution >= 0.6 is 0 Å². The summed E-state index contributed by atoms with van der Waals surface area (Å²) in [6, 6.07) is 13.7. The van der Waals surface area contributed by atoms with E-state index in [1.54, 1.807) is 38.2 Å². The standard InChI is InChI=1S/C20H23N3O3/c1-13(20(26)23-18-10-6-16(7-11-18)14(2)24)22-17-8-4-15(5-9-17)12-19(25)21-3/h4-11,13,22H,12H2,1-3H3,(H,21,25)(H,23,26)/t13-/m0/s1. The smallest absolute Gasteiger partial charge is 0.246 e. The molecule has 2 aromatic carbocycles. The maximum Gasteiger partial charge on any atom is 0.246 e. The summed E-state index contributed by atoms with van der Waals surface area (Å²) < 4.78 is 0. The van der Waals surface area contributed by atoms with Crippen LogP contribution in [0.25, 0.3) is 0 Å². The van der Waals surface area contributed by atoms with Crippen LogP contribution in [0.2, 0.25) is 0 Å². The lowest BCUT2D eigenvalue weighted by molar-refractivity contribution is -0.120. The quantitative estimate of drug-likeness (QED) is 0.668. The molecule has 0 saturated heterocycles. The van der Waals surface area contributed by atoms with E-state index in [0.29, 0.717) is 17.7 Å². The Labute approximate surface area is 153 Å². The highest BCUT2D eigenvalue weighted by atomic mass is 16.2. The van der Waals surface area contributed by atoms with Crippen molar-refractivity contribution >= 4 is 29.0 Å². The van der Waals surface area contributed by atoms with E-state index < -0.39 is 6.04 Å². The van der Waals surface area contributed by atoms with Crippen LogP contribution in [0.15, 0.2) is 48.5 Å². The van der Waals surface area contributed by atoms with Gasteiger partial charge in [0.15, 0.2) is 5.78 Å². The van der Waals surface area contributed by atoms with Crippen LogP contribution in [-0.2, 0) is 16.0 Å². The van der Waals surface area contributed by atoms with E-state index in [2.05, 4.69) is 16.0 Å². The van der Waals surface area contributed by atoms with Crippen molar-refractivity contribution in [3.8, 4) is 0 Å². The highest BCUT2D eigenvalue weighted by Gasteiger charge is 2.13. The number of rotatable bonds is 7. The second-order valence-corrected chi connectivity index (χ2v) is 6.04. The molecule has 0 spiro atoms. The van der Waals surface area contributed by atoms with E-state index in [0.717, 1.165) is 11.3 Å². The molecule has 6 heteroatoms. The lowest BCUT2D eigenvalue weighted by Crippen LogP contribution is -2.31. The van der Waals surface area contributed by atoms with Crippen molar-refractivity contribution in [2.75, 3.05) is 17.7 Å². The number of amides is 2. The number of hydrogen-bond donors (Lipinski definition) is 3. The van der Waals surface area contributed by atoms with Crippen molar-refractivity contribution in [2.45, 2.75) is 26.3 Å². The van der Waals surface area contributed by atoms with Crippen LogP contribution in [0, 0.1) is 0 Å². The van der Waals surface area contributed by atoms with Gasteiger partial charge >= 0.3 is 0 Å². The fraction of sp³-hybridized carbons (Fsp3) is 0.250. The molecule has 3 N–H and O–H groups in total. The molecule has 0 aromatic heterocycles. The maximum absolute atomic E-state index is 12.3. The van der Waals surface area contributed by atoms with Crippen molar-refractivity contribution in [1.29, 1.82) is 0 Å². The Hall–Kier alpha value is -3.15. The third-order valence-corrected chi connectivity index (χ3v) is 3.93. The summed E-state index contributed by atoms with van der Waals surface area (Å²) in [5.74, 6) is -0.248. The fourth-order valence-electron chi connectivity index (χ4n) is 2.35. The SMILES string of the molecule is CNC(=O)Cc1ccc(N[C@@H](C)C(=O)Nc2ccc(C(C)=O)cc2)cc1. The van der Waals surface area contributed by atoms with Crippen LogP contribution in [0.5, 0.6) is 0 Å². The van der Waals surface area contributed by atoms with Crippen LogP contribution < -0.4 is 16.0 Å². The van der Waals surface area contributed by atoms with Crippen molar-refractivity contribution in [3.05, 3.63) is 59.7 Å². The zero-order valence-electron chi connectivity index (χ0n) is 15.1. The molecule has 0 aliphatic heterocycles. The average molecular weight is 353 g/mol. The molecule has 0 aliphatic carbocycles. The Morgan fingerprint density at radius 3 is 2.04 bits per heavy atom. The van der Waals surface area contributed by atoms with Gasteiger partial charge in [0.25, 0.3) is 0 Å². The van der Waals surface area contributed by atoms with Crippen LogP contribution in [0.3, 0.4) is 0 Å². The Morgan fingerprint density at radius 2 is 1.50 bits per heavy atom. The van der Waals surface area contributed by atoms with E-state index in [1.165, 1.54) is 6.92 Å². The number of Topliss-reactive ketones (excluding diaryl/α,β-unsaturated/α-hetero) is 1. The van der Waals surface area contributed by atoms with Crippen molar-refractivity contribution in [1.82, 2.24) is 5.32 Å². The summed E-state index contributed by atoms with van der Waals surface area (Å²) in [6.45, 7) is 3.26. The van der Waals surface area contributed by atoms with E-state index in [-0.39, 0.29) is 17.6 Å². The Kier molecular flexibility index (Phi) is 6.49. The minimum Gasteiger partial charge on any atom is -0.374 e. The van der Waals surface area contributed by atoms with E-state index in [9.17, 15) is 14.4 Å². The second kappa shape index (κ2) is 8.80. The lowest BCUT2D eigenvalue weighted by Gasteiger charge is -2.16. The zero-order valence-corrected chi connectivity index (χ0v) is 15.1. The molecule has 1 atom stereocenters. The Bertz CT molecular complexity index is 783. The molecule has 0 saturated carbocycles. The molecule has 0 fully saturated rings. The van der Waals surface area contributed by atoms with Gasteiger partial charge in [-0.3, -0.25) is 14.4 Å². The first kappa shape index (κ1) is 19.2. The molecule has 2 aromatic rings. The van der Waals surface area contributed by atoms with Gasteiger partial charge in [-0.25, -0.2) is 0 Å². The van der Waals surface area contributed by atoms with Gasteiger partial charge in [-0.1, -0.05) is 12.1 Å². The molecule has 136 valence electrons. The first-order valence-corrected chi connectivity index (χ1v) is 8.37. The summed E-state index contributed by atoms with van der Waals surface area (Å²) in [6.07, 6.45) is 0.322. The van der Waals surface area contributed by atoms with Gasteiger partial charge in [0.05, 0.1) is 6.42 Å². The highest BCUT2D eigenvalue weighted by molar-refractivity contribution is 5.97. The molecule has 2 rings (SSSR count). The topological polar surface area (TPSA) is 87.3 Å². The third-order valence-electron chi connectivity index (χ3n) is 3.93. The number of carbonyl (C=O) groups is 3. The van der Waals surface area contributed by atoms with Crippen molar-refractivity contribution < 1.29 is 14.4 Å². The number of ketones is 1. The van der Waals surface area contributed by atoms with Gasteiger partial charge < -0.3 is 16.0 Å². The van der Waals surface area contributed by atoms with Crippen LogP contribution in [-0.4, -0.2) is 30.7 Å². The summed E-state index contributed by atoms with van der Waals surface area (Å²) in [5, 5.41) is 8.51. The number of hydrogen-bond acceptors (Lipinski definition) is 4. The summed E-state index contributed by atoms with van der Waals surface area (Å²) in [7, 11) is 1.60. The summed E-state index contributed by atoms with van der Waals surface area (Å²) in [4.78, 5) is 34.9. The van der Waals surface area contributed by atoms with Crippen molar-refractivity contribution in [3.63, 3.8) is 0 Å². The van der Waals surface area contributed by atoms with Crippen molar-refractivity contribution in [2.24, 2.45) is 0 Å². The minimum atomic E-state index is -0.452. The van der Waals surface area contributed by atoms with Gasteiger partial charge in [0, 0.05) is 24.0 Å². The number of anilines is 2. The first-order valence-electron chi connectivity index (χ1n) is 8.37. The van der Waals surface area contributed by atoms with Gasteiger partial charge in [0.1, 0.15) is 6.04 Å². The predicted molar refractivity (Wildman–Crippen MR) is 102 cm³/mol. The summed E-state index contributed by atoms with van der Waals surface area (Å²) in [5.41, 5.74) is 2.93. The molecular formula is C20H23N3O3. The molecule has 0 unspecified atom stereocenters. The Balaban J connectivity index is 1.91. The second-order valence-electron chi connectivity index (χ2n) is 6.04. The van der Waals surface area contributed by atoms with Crippen LogP contribution in [0.4, 0.5) is 11.4 Å². The zero-order chi connectivity index (χ0) is 19.1. The van der Waals surface area contributed by atoms with Gasteiger partial charge in [0.2, 0.25) is 11.8 Å². The largest absolute Gasteiger partial charge is 0.374 e. The number of likely N-dealkylation sites (N-methyl/N-ethyl adjacent to an activating group) is 1. The van der Waals surface area contributed by atoms with E-state index in [1.807, 2.05) is 24.3 Å². The first-order chi connectivity index (χ1) is 12.4. The molecule has 0 heterocycles. The molecular weight excluding hydrogens is 330 g/mol. The normalized spacial score (nSPS) is 11.3. The molecule has 0 bridgehead atoms. The predicted octanol–water partition coefficient (Wildman–Crippen LogP) is 2.62. The lowest BCUT2D eigenvalue weighted by atomic mass is 10.1. The molecule has 0 radical (unpaired) electrons. The van der Waals surface area contributed by atoms with Crippen LogP contribution in [0.1, 0.15) is 29.8 Å². The number of carbonyl (C=O) groups excluding carboxylic acids is 3. The molecule has 0 aliphatic rings. The van der Waals surface area contributed by atoms with Gasteiger partial charge in [-0.2, -0.15) is 0 Å². The highest BCUT2D eigenvalue weighted by Crippen LogP contribution is 2.14. The van der Waals surface area contributed by atoms with E-state index in [4.69, 9.17) is 0 Å². The molecule has 26 heavy (non-hydrogen) atoms. The maximum atomic E-state index is 12.3. The number of nitrogens with one attached hydrogen (secondary N) is 3. The fourth-order valence-corrected chi connectivity index (χ4v) is 2.35. The summed E-state index contributed by atoms with van der Waals surface area (Å²) >= 11 is 0. The molecule has 6 nitrogen and oxygen atoms in total. The number of benzene rings is 2. The Morgan fingerprint density at radius 1 is 0.923 bits per heavy atom. The monoisotopic (exact) mass is 353 g/mol. The molecule has 2 amide bonds. The average Bonchev–Trinajstić information content (AvgIpc) is 2.63. The van der Waals surface area contributed by atoms with Gasteiger partial charge in [-0.05, 0) is 55.8 Å². The van der Waals surface area contributed by atoms with E-state index >= 15 is 0 Å². The third kappa shape index (κ3) is 5.44.